The van der Waals surface area contributed by atoms with Crippen LogP contribution in [0.1, 0.15) is 24.5 Å². The molecule has 1 fully saturated rings. The molecule has 0 N–H and O–H groups in total. The second-order valence-corrected chi connectivity index (χ2v) is 9.48. The van der Waals surface area contributed by atoms with Crippen molar-refractivity contribution in [2.45, 2.75) is 20.3 Å². The number of carbonyl (C=O) groups excluding carboxylic acids is 1. The minimum absolute atomic E-state index is 0.0765. The molecule has 0 spiro atoms. The highest BCUT2D eigenvalue weighted by atomic mass is 32.2. The van der Waals surface area contributed by atoms with E-state index >= 15 is 0 Å². The van der Waals surface area contributed by atoms with E-state index in [9.17, 15) is 4.79 Å². The number of aromatic nitrogens is 2. The van der Waals surface area contributed by atoms with Gasteiger partial charge in [0.1, 0.15) is 15.8 Å². The van der Waals surface area contributed by atoms with E-state index < -0.39 is 0 Å². The Labute approximate surface area is 209 Å². The molecule has 4 rings (SSSR count). The fourth-order valence-electron chi connectivity index (χ4n) is 3.75. The third-order valence-corrected chi connectivity index (χ3v) is 6.78. The molecular formula is C26H27N3O3S2. The van der Waals surface area contributed by atoms with Crippen LogP contribution in [0.2, 0.25) is 0 Å². The highest BCUT2D eigenvalue weighted by Crippen LogP contribution is 2.35. The van der Waals surface area contributed by atoms with E-state index in [2.05, 4.69) is 6.07 Å². The molecule has 0 aliphatic carbocycles. The lowest BCUT2D eigenvalue weighted by Crippen LogP contribution is -2.29. The number of carbonyl (C=O) groups is 1. The van der Waals surface area contributed by atoms with Crippen LogP contribution in [0.5, 0.6) is 5.75 Å². The Balaban J connectivity index is 1.73. The first kappa shape index (κ1) is 24.2. The van der Waals surface area contributed by atoms with Gasteiger partial charge in [-0.15, -0.1) is 0 Å². The SMILES string of the molecule is CCOc1ccc(-c2nn(-c3ccccc3)cc2/C=C2\SC(=S)N(CCCOC)C2=O)cc1C. The molecule has 3 aromatic rings. The fraction of sp³-hybridized carbons (Fsp3) is 0.269. The van der Waals surface area contributed by atoms with E-state index in [0.717, 1.165) is 40.2 Å². The van der Waals surface area contributed by atoms with E-state index in [1.807, 2.05) is 73.3 Å². The van der Waals surface area contributed by atoms with Crippen molar-refractivity contribution in [3.63, 3.8) is 0 Å². The second-order valence-electron chi connectivity index (χ2n) is 7.81. The van der Waals surface area contributed by atoms with Gasteiger partial charge in [0.2, 0.25) is 0 Å². The number of hydrogen-bond acceptors (Lipinski definition) is 6. The topological polar surface area (TPSA) is 56.6 Å². The first-order valence-electron chi connectivity index (χ1n) is 11.1. The van der Waals surface area contributed by atoms with Gasteiger partial charge in [-0.3, -0.25) is 9.69 Å². The van der Waals surface area contributed by atoms with E-state index in [1.54, 1.807) is 12.0 Å². The summed E-state index contributed by atoms with van der Waals surface area (Å²) in [6.07, 6.45) is 4.58. The van der Waals surface area contributed by atoms with Gasteiger partial charge in [0.15, 0.2) is 0 Å². The highest BCUT2D eigenvalue weighted by Gasteiger charge is 2.32. The predicted octanol–water partition coefficient (Wildman–Crippen LogP) is 5.48. The van der Waals surface area contributed by atoms with Gasteiger partial charge in [-0.25, -0.2) is 4.68 Å². The molecule has 1 amide bonds. The summed E-state index contributed by atoms with van der Waals surface area (Å²) < 4.78 is 13.2. The Morgan fingerprint density at radius 1 is 1.18 bits per heavy atom. The maximum atomic E-state index is 13.1. The van der Waals surface area contributed by atoms with Crippen LogP contribution >= 0.6 is 24.0 Å². The number of hydrogen-bond donors (Lipinski definition) is 0. The zero-order valence-electron chi connectivity index (χ0n) is 19.5. The van der Waals surface area contributed by atoms with Crippen molar-refractivity contribution in [2.24, 2.45) is 0 Å². The maximum Gasteiger partial charge on any atom is 0.266 e. The number of ether oxygens (including phenoxy) is 2. The number of thiocarbonyl (C=S) groups is 1. The number of methoxy groups -OCH3 is 1. The van der Waals surface area contributed by atoms with Gasteiger partial charge in [-0.1, -0.05) is 42.2 Å². The van der Waals surface area contributed by atoms with E-state index in [0.29, 0.717) is 29.0 Å². The molecule has 176 valence electrons. The number of benzene rings is 2. The van der Waals surface area contributed by atoms with Crippen molar-refractivity contribution in [3.8, 4) is 22.7 Å². The van der Waals surface area contributed by atoms with Gasteiger partial charge in [0.25, 0.3) is 5.91 Å². The molecule has 0 radical (unpaired) electrons. The van der Waals surface area contributed by atoms with E-state index in [4.69, 9.17) is 26.8 Å². The fourth-order valence-corrected chi connectivity index (χ4v) is 5.04. The quantitative estimate of drug-likeness (QED) is 0.223. The molecule has 1 aliphatic heterocycles. The molecule has 0 saturated carbocycles. The summed E-state index contributed by atoms with van der Waals surface area (Å²) >= 11 is 6.80. The Kier molecular flexibility index (Phi) is 7.82. The van der Waals surface area contributed by atoms with Gasteiger partial charge in [0.05, 0.1) is 17.2 Å². The lowest BCUT2D eigenvalue weighted by Gasteiger charge is -2.13. The van der Waals surface area contributed by atoms with E-state index in [1.165, 1.54) is 11.8 Å². The number of para-hydroxylation sites is 1. The van der Waals surface area contributed by atoms with Crippen molar-refractivity contribution in [3.05, 3.63) is 70.8 Å². The van der Waals surface area contributed by atoms with Crippen LogP contribution in [0.4, 0.5) is 0 Å². The van der Waals surface area contributed by atoms with Gasteiger partial charge in [-0.2, -0.15) is 5.10 Å². The average Bonchev–Trinajstić information content (AvgIpc) is 3.37. The Morgan fingerprint density at radius 3 is 2.68 bits per heavy atom. The Bertz CT molecular complexity index is 1220. The van der Waals surface area contributed by atoms with E-state index in [-0.39, 0.29) is 5.91 Å². The third kappa shape index (κ3) is 5.24. The summed E-state index contributed by atoms with van der Waals surface area (Å²) in [5.41, 5.74) is 4.57. The minimum Gasteiger partial charge on any atom is -0.494 e. The summed E-state index contributed by atoms with van der Waals surface area (Å²) in [7, 11) is 1.65. The van der Waals surface area contributed by atoms with Gasteiger partial charge >= 0.3 is 0 Å². The van der Waals surface area contributed by atoms with Crippen LogP contribution < -0.4 is 4.74 Å². The van der Waals surface area contributed by atoms with Crippen LogP contribution in [-0.2, 0) is 9.53 Å². The largest absolute Gasteiger partial charge is 0.494 e. The number of rotatable bonds is 9. The van der Waals surface area contributed by atoms with Crippen molar-refractivity contribution in [2.75, 3.05) is 26.9 Å². The van der Waals surface area contributed by atoms with Gasteiger partial charge < -0.3 is 9.47 Å². The third-order valence-electron chi connectivity index (χ3n) is 5.40. The molecule has 34 heavy (non-hydrogen) atoms. The van der Waals surface area contributed by atoms with Crippen LogP contribution in [0, 0.1) is 6.92 Å². The summed E-state index contributed by atoms with van der Waals surface area (Å²) in [5, 5.41) is 4.88. The molecule has 6 nitrogen and oxygen atoms in total. The molecule has 8 heteroatoms. The molecule has 2 heterocycles. The summed E-state index contributed by atoms with van der Waals surface area (Å²) in [4.78, 5) is 15.3. The lowest BCUT2D eigenvalue weighted by atomic mass is 10.0. The zero-order chi connectivity index (χ0) is 24.1. The molecule has 0 atom stereocenters. The lowest BCUT2D eigenvalue weighted by molar-refractivity contribution is -0.122. The summed E-state index contributed by atoms with van der Waals surface area (Å²) in [6, 6.07) is 16.0. The van der Waals surface area contributed by atoms with Crippen LogP contribution in [0.25, 0.3) is 23.0 Å². The summed E-state index contributed by atoms with van der Waals surface area (Å²) in [6.45, 7) is 5.73. The molecule has 2 aromatic carbocycles. The van der Waals surface area contributed by atoms with Crippen molar-refractivity contribution < 1.29 is 14.3 Å². The monoisotopic (exact) mass is 493 g/mol. The first-order valence-corrected chi connectivity index (χ1v) is 12.4. The molecule has 1 aromatic heterocycles. The second kappa shape index (κ2) is 11.0. The highest BCUT2D eigenvalue weighted by molar-refractivity contribution is 8.26. The molecule has 1 saturated heterocycles. The van der Waals surface area contributed by atoms with Crippen molar-refractivity contribution in [1.29, 1.82) is 0 Å². The van der Waals surface area contributed by atoms with Crippen molar-refractivity contribution in [1.82, 2.24) is 14.7 Å². The van der Waals surface area contributed by atoms with Gasteiger partial charge in [-0.05, 0) is 62.2 Å². The van der Waals surface area contributed by atoms with Gasteiger partial charge in [0, 0.05) is 37.6 Å². The minimum atomic E-state index is -0.0765. The zero-order valence-corrected chi connectivity index (χ0v) is 21.1. The number of aryl methyl sites for hydroxylation is 1. The first-order chi connectivity index (χ1) is 16.5. The predicted molar refractivity (Wildman–Crippen MR) is 141 cm³/mol. The number of thioether (sulfide) groups is 1. The Morgan fingerprint density at radius 2 is 1.97 bits per heavy atom. The number of amides is 1. The molecule has 0 unspecified atom stereocenters. The summed E-state index contributed by atoms with van der Waals surface area (Å²) in [5.74, 6) is 0.777. The smallest absolute Gasteiger partial charge is 0.266 e. The molecular weight excluding hydrogens is 466 g/mol. The van der Waals surface area contributed by atoms with Crippen molar-refractivity contribution >= 4 is 40.3 Å². The van der Waals surface area contributed by atoms with Crippen LogP contribution in [0.15, 0.2) is 59.6 Å². The Hall–Kier alpha value is -2.94. The molecule has 0 bridgehead atoms. The maximum absolute atomic E-state index is 13.1. The number of nitrogens with zero attached hydrogens (tertiary/aromatic N) is 3. The molecule has 1 aliphatic rings. The normalized spacial score (nSPS) is 14.9. The van der Waals surface area contributed by atoms with Crippen LogP contribution in [-0.4, -0.2) is 51.8 Å². The average molecular weight is 494 g/mol. The van der Waals surface area contributed by atoms with Crippen LogP contribution in [0.3, 0.4) is 0 Å². The standard InChI is InChI=1S/C26H27N3O3S2/c1-4-32-22-12-11-19(15-18(22)2)24-20(17-29(27-24)21-9-6-5-7-10-21)16-23-25(30)28(26(33)34-23)13-8-14-31-3/h5-7,9-12,15-17H,4,8,13-14H2,1-3H3/b23-16-.